The predicted molar refractivity (Wildman–Crippen MR) is 129 cm³/mol. The molecule has 4 rings (SSSR count). The van der Waals surface area contributed by atoms with Crippen LogP contribution in [0.4, 0.5) is 5.69 Å². The van der Waals surface area contributed by atoms with Crippen molar-refractivity contribution in [1.29, 1.82) is 0 Å². The lowest BCUT2D eigenvalue weighted by Crippen LogP contribution is -2.25. The van der Waals surface area contributed by atoms with Crippen LogP contribution in [0.25, 0.3) is 20.4 Å². The summed E-state index contributed by atoms with van der Waals surface area (Å²) in [5.74, 6) is 0.314. The van der Waals surface area contributed by atoms with Gasteiger partial charge in [0.2, 0.25) is 5.91 Å². The third-order valence-corrected chi connectivity index (χ3v) is 6.77. The highest BCUT2D eigenvalue weighted by molar-refractivity contribution is 7.99. The Morgan fingerprint density at radius 2 is 1.97 bits per heavy atom. The third kappa shape index (κ3) is 4.65. The van der Waals surface area contributed by atoms with Crippen molar-refractivity contribution in [2.24, 2.45) is 5.92 Å². The van der Waals surface area contributed by atoms with Crippen molar-refractivity contribution in [2.75, 3.05) is 11.1 Å². The smallest absolute Gasteiger partial charge is 0.272 e. The number of thioether (sulfide) groups is 1. The first-order chi connectivity index (χ1) is 14.8. The first kappa shape index (κ1) is 21.5. The quantitative estimate of drug-likeness (QED) is 0.329. The van der Waals surface area contributed by atoms with Crippen molar-refractivity contribution in [3.8, 4) is 0 Å². The lowest BCUT2D eigenvalue weighted by molar-refractivity contribution is -0.113. The maximum absolute atomic E-state index is 13.3. The Morgan fingerprint density at radius 3 is 2.68 bits per heavy atom. The molecule has 8 heteroatoms. The zero-order valence-corrected chi connectivity index (χ0v) is 19.6. The normalized spacial score (nSPS) is 11.5. The maximum atomic E-state index is 13.3. The number of carbonyl (C=O) groups excluding carboxylic acids is 1. The van der Waals surface area contributed by atoms with Crippen molar-refractivity contribution in [3.05, 3.63) is 58.0 Å². The molecule has 6 nitrogen and oxygen atoms in total. The molecule has 0 saturated carbocycles. The SMILES string of the molecule is Cc1cc(C)cc(NC(=O)CSc2nc3c(sc4ncccc43)c(=O)n2CC(C)C)c1. The Hall–Kier alpha value is -2.71. The number of hydrogen-bond donors (Lipinski definition) is 1. The molecule has 0 fully saturated rings. The summed E-state index contributed by atoms with van der Waals surface area (Å²) in [7, 11) is 0. The van der Waals surface area contributed by atoms with Crippen LogP contribution in [0.3, 0.4) is 0 Å². The number of carbonyl (C=O) groups is 1. The highest BCUT2D eigenvalue weighted by atomic mass is 32.2. The summed E-state index contributed by atoms with van der Waals surface area (Å²) >= 11 is 2.66. The van der Waals surface area contributed by atoms with E-state index >= 15 is 0 Å². The van der Waals surface area contributed by atoms with Crippen LogP contribution < -0.4 is 10.9 Å². The standard InChI is InChI=1S/C23H24N4O2S2/c1-13(2)11-27-22(29)20-19(17-6-5-7-24-21(17)31-20)26-23(27)30-12-18(28)25-16-9-14(3)8-15(4)10-16/h5-10,13H,11-12H2,1-4H3,(H,25,28). The van der Waals surface area contributed by atoms with E-state index < -0.39 is 0 Å². The molecular weight excluding hydrogens is 428 g/mol. The number of amides is 1. The molecule has 1 N–H and O–H groups in total. The van der Waals surface area contributed by atoms with E-state index in [2.05, 4.69) is 30.2 Å². The fraction of sp³-hybridized carbons (Fsp3) is 0.304. The molecule has 0 aliphatic heterocycles. The van der Waals surface area contributed by atoms with Gasteiger partial charge in [-0.3, -0.25) is 14.2 Å². The van der Waals surface area contributed by atoms with E-state index in [9.17, 15) is 9.59 Å². The Morgan fingerprint density at radius 1 is 1.23 bits per heavy atom. The molecule has 0 saturated heterocycles. The van der Waals surface area contributed by atoms with Crippen LogP contribution in [0.1, 0.15) is 25.0 Å². The van der Waals surface area contributed by atoms with E-state index in [-0.39, 0.29) is 23.1 Å². The van der Waals surface area contributed by atoms with Crippen LogP contribution in [0.15, 0.2) is 46.5 Å². The second kappa shape index (κ2) is 8.80. The van der Waals surface area contributed by atoms with E-state index in [1.807, 2.05) is 38.1 Å². The van der Waals surface area contributed by atoms with Crippen LogP contribution in [0.5, 0.6) is 0 Å². The monoisotopic (exact) mass is 452 g/mol. The molecule has 0 bridgehead atoms. The number of rotatable bonds is 6. The molecule has 0 radical (unpaired) electrons. The molecule has 0 aliphatic carbocycles. The molecule has 160 valence electrons. The Balaban J connectivity index is 1.65. The molecule has 4 aromatic rings. The zero-order valence-electron chi connectivity index (χ0n) is 17.9. The van der Waals surface area contributed by atoms with Crippen LogP contribution >= 0.6 is 23.1 Å². The van der Waals surface area contributed by atoms with Crippen molar-refractivity contribution in [2.45, 2.75) is 39.4 Å². The number of benzene rings is 1. The van der Waals surface area contributed by atoms with Gasteiger partial charge in [0.25, 0.3) is 5.56 Å². The molecule has 0 aliphatic rings. The van der Waals surface area contributed by atoms with Crippen LogP contribution in [-0.4, -0.2) is 26.2 Å². The third-order valence-electron chi connectivity index (χ3n) is 4.70. The van der Waals surface area contributed by atoms with Crippen molar-refractivity contribution in [3.63, 3.8) is 0 Å². The van der Waals surface area contributed by atoms with E-state index in [1.54, 1.807) is 10.8 Å². The number of pyridine rings is 1. The van der Waals surface area contributed by atoms with Gasteiger partial charge in [-0.15, -0.1) is 11.3 Å². The lowest BCUT2D eigenvalue weighted by Gasteiger charge is -2.14. The molecule has 1 amide bonds. The van der Waals surface area contributed by atoms with Gasteiger partial charge in [-0.05, 0) is 55.2 Å². The summed E-state index contributed by atoms with van der Waals surface area (Å²) in [5.41, 5.74) is 3.56. The largest absolute Gasteiger partial charge is 0.325 e. The van der Waals surface area contributed by atoms with E-state index in [4.69, 9.17) is 4.98 Å². The molecule has 0 spiro atoms. The van der Waals surface area contributed by atoms with Gasteiger partial charge in [0.15, 0.2) is 5.16 Å². The van der Waals surface area contributed by atoms with Gasteiger partial charge >= 0.3 is 0 Å². The first-order valence-corrected chi connectivity index (χ1v) is 11.9. The minimum Gasteiger partial charge on any atom is -0.325 e. The molecule has 3 heterocycles. The molecule has 1 aromatic carbocycles. The summed E-state index contributed by atoms with van der Waals surface area (Å²) in [6.45, 7) is 8.67. The number of aromatic nitrogens is 3. The number of thiophene rings is 1. The second-order valence-corrected chi connectivity index (χ2v) is 9.99. The van der Waals surface area contributed by atoms with Crippen LogP contribution in [0.2, 0.25) is 0 Å². The minimum absolute atomic E-state index is 0.0704. The topological polar surface area (TPSA) is 76.9 Å². The molecule has 31 heavy (non-hydrogen) atoms. The number of nitrogens with one attached hydrogen (secondary N) is 1. The average Bonchev–Trinajstić information content (AvgIpc) is 3.07. The number of anilines is 1. The van der Waals surface area contributed by atoms with Crippen LogP contribution in [0, 0.1) is 19.8 Å². The average molecular weight is 453 g/mol. The first-order valence-electron chi connectivity index (χ1n) is 10.1. The number of aryl methyl sites for hydroxylation is 2. The van der Waals surface area contributed by atoms with Gasteiger partial charge in [0.05, 0.1) is 11.3 Å². The van der Waals surface area contributed by atoms with Gasteiger partial charge in [-0.25, -0.2) is 9.97 Å². The van der Waals surface area contributed by atoms with Gasteiger partial charge in [0.1, 0.15) is 9.53 Å². The lowest BCUT2D eigenvalue weighted by atomic mass is 10.1. The summed E-state index contributed by atoms with van der Waals surface area (Å²) in [6.07, 6.45) is 1.72. The maximum Gasteiger partial charge on any atom is 0.272 e. The van der Waals surface area contributed by atoms with Gasteiger partial charge in [-0.1, -0.05) is 31.7 Å². The van der Waals surface area contributed by atoms with Crippen molar-refractivity contribution in [1.82, 2.24) is 14.5 Å². The fourth-order valence-corrected chi connectivity index (χ4v) is 5.38. The number of fused-ring (bicyclic) bond motifs is 3. The molecule has 3 aromatic heterocycles. The second-order valence-electron chi connectivity index (χ2n) is 8.05. The summed E-state index contributed by atoms with van der Waals surface area (Å²) in [5, 5.41) is 4.38. The number of hydrogen-bond acceptors (Lipinski definition) is 6. The van der Waals surface area contributed by atoms with E-state index in [1.165, 1.54) is 23.1 Å². The Bertz CT molecular complexity index is 1320. The van der Waals surface area contributed by atoms with Gasteiger partial charge < -0.3 is 5.32 Å². The molecule has 0 atom stereocenters. The van der Waals surface area contributed by atoms with Gasteiger partial charge in [-0.2, -0.15) is 0 Å². The highest BCUT2D eigenvalue weighted by Gasteiger charge is 2.18. The molecule has 0 unspecified atom stereocenters. The fourth-order valence-electron chi connectivity index (χ4n) is 3.55. The predicted octanol–water partition coefficient (Wildman–Crippen LogP) is 5.01. The summed E-state index contributed by atoms with van der Waals surface area (Å²) in [6, 6.07) is 9.73. The highest BCUT2D eigenvalue weighted by Crippen LogP contribution is 2.30. The minimum atomic E-state index is -0.128. The Kier molecular flexibility index (Phi) is 6.11. The van der Waals surface area contributed by atoms with Crippen LogP contribution in [-0.2, 0) is 11.3 Å². The van der Waals surface area contributed by atoms with Crippen molar-refractivity contribution < 1.29 is 4.79 Å². The zero-order chi connectivity index (χ0) is 22.1. The van der Waals surface area contributed by atoms with Crippen molar-refractivity contribution >= 4 is 55.1 Å². The Labute approximate surface area is 188 Å². The number of nitrogens with zero attached hydrogens (tertiary/aromatic N) is 3. The van der Waals surface area contributed by atoms with E-state index in [0.29, 0.717) is 21.9 Å². The molecular formula is C23H24N4O2S2. The van der Waals surface area contributed by atoms with Gasteiger partial charge in [0, 0.05) is 23.8 Å². The summed E-state index contributed by atoms with van der Waals surface area (Å²) < 4.78 is 2.30. The van der Waals surface area contributed by atoms with E-state index in [0.717, 1.165) is 27.0 Å². The summed E-state index contributed by atoms with van der Waals surface area (Å²) in [4.78, 5) is 35.8.